The van der Waals surface area contributed by atoms with Crippen LogP contribution in [0.4, 0.5) is 0 Å². The van der Waals surface area contributed by atoms with Gasteiger partial charge in [-0.25, -0.2) is 15.0 Å². The third kappa shape index (κ3) is 2.70. The van der Waals surface area contributed by atoms with Crippen LogP contribution in [0.1, 0.15) is 0 Å². The summed E-state index contributed by atoms with van der Waals surface area (Å²) in [5.41, 5.74) is 2.00. The molecule has 4 heteroatoms. The molecule has 1 aromatic heterocycles. The summed E-state index contributed by atoms with van der Waals surface area (Å²) < 4.78 is 0. The van der Waals surface area contributed by atoms with Gasteiger partial charge in [0, 0.05) is 11.1 Å². The predicted molar refractivity (Wildman–Crippen MR) is 82.5 cm³/mol. The first-order chi connectivity index (χ1) is 9.86. The molecule has 0 saturated heterocycles. The van der Waals surface area contributed by atoms with Crippen molar-refractivity contribution < 1.29 is 0 Å². The second kappa shape index (κ2) is 5.84. The molecule has 0 atom stereocenters. The molecule has 3 nitrogen and oxygen atoms in total. The predicted octanol–water partition coefficient (Wildman–Crippen LogP) is 3.93. The zero-order valence-corrected chi connectivity index (χ0v) is 11.8. The summed E-state index contributed by atoms with van der Waals surface area (Å²) in [4.78, 5) is 13.6. The van der Waals surface area contributed by atoms with E-state index in [4.69, 9.17) is 0 Å². The van der Waals surface area contributed by atoms with Gasteiger partial charge in [-0.15, -0.1) is 0 Å². The van der Waals surface area contributed by atoms with Crippen molar-refractivity contribution in [2.45, 2.75) is 5.16 Å². The lowest BCUT2D eigenvalue weighted by Gasteiger charge is -2.06. The number of hydrogen-bond acceptors (Lipinski definition) is 4. The SMILES string of the molecule is CSc1nc(-c2ccccc2)nc(-c2ccccc2)n1. The van der Waals surface area contributed by atoms with Crippen LogP contribution < -0.4 is 0 Å². The molecule has 0 fully saturated rings. The van der Waals surface area contributed by atoms with Crippen LogP contribution in [0.2, 0.25) is 0 Å². The number of hydrogen-bond donors (Lipinski definition) is 0. The van der Waals surface area contributed by atoms with Crippen molar-refractivity contribution in [1.82, 2.24) is 15.0 Å². The standard InChI is InChI=1S/C16H13N3S/c1-20-16-18-14(12-8-4-2-5-9-12)17-15(19-16)13-10-6-3-7-11-13/h2-11H,1H3. The van der Waals surface area contributed by atoms with Gasteiger partial charge in [-0.3, -0.25) is 0 Å². The molecule has 2 aromatic carbocycles. The van der Waals surface area contributed by atoms with E-state index in [1.165, 1.54) is 11.8 Å². The first-order valence-electron chi connectivity index (χ1n) is 6.28. The number of rotatable bonds is 3. The maximum absolute atomic E-state index is 4.59. The molecule has 0 bridgehead atoms. The highest BCUT2D eigenvalue weighted by atomic mass is 32.2. The highest BCUT2D eigenvalue weighted by Crippen LogP contribution is 2.22. The summed E-state index contributed by atoms with van der Waals surface area (Å²) in [5, 5.41) is 0.734. The van der Waals surface area contributed by atoms with E-state index in [-0.39, 0.29) is 0 Å². The third-order valence-corrected chi connectivity index (χ3v) is 3.41. The second-order valence-electron chi connectivity index (χ2n) is 4.20. The van der Waals surface area contributed by atoms with E-state index in [1.807, 2.05) is 66.9 Å². The Kier molecular flexibility index (Phi) is 3.74. The molecule has 3 aromatic rings. The minimum atomic E-state index is 0.712. The fourth-order valence-electron chi connectivity index (χ4n) is 1.88. The van der Waals surface area contributed by atoms with E-state index in [0.717, 1.165) is 16.3 Å². The molecule has 0 aliphatic rings. The van der Waals surface area contributed by atoms with Gasteiger partial charge in [0.2, 0.25) is 0 Å². The Bertz CT molecular complexity index is 642. The second-order valence-corrected chi connectivity index (χ2v) is 4.97. The van der Waals surface area contributed by atoms with Crippen LogP contribution in [0.15, 0.2) is 65.8 Å². The molecular formula is C16H13N3S. The van der Waals surface area contributed by atoms with E-state index in [2.05, 4.69) is 15.0 Å². The Hall–Kier alpha value is -2.20. The number of nitrogens with zero attached hydrogens (tertiary/aromatic N) is 3. The van der Waals surface area contributed by atoms with Gasteiger partial charge in [0.25, 0.3) is 0 Å². The van der Waals surface area contributed by atoms with Gasteiger partial charge in [0.1, 0.15) is 0 Å². The van der Waals surface area contributed by atoms with E-state index in [1.54, 1.807) is 0 Å². The van der Waals surface area contributed by atoms with Crippen molar-refractivity contribution in [3.05, 3.63) is 60.7 Å². The molecule has 0 spiro atoms. The van der Waals surface area contributed by atoms with Crippen molar-refractivity contribution in [3.8, 4) is 22.8 Å². The Labute approximate surface area is 122 Å². The zero-order chi connectivity index (χ0) is 13.8. The van der Waals surface area contributed by atoms with E-state index < -0.39 is 0 Å². The van der Waals surface area contributed by atoms with Gasteiger partial charge in [0.15, 0.2) is 16.8 Å². The number of aromatic nitrogens is 3. The van der Waals surface area contributed by atoms with Gasteiger partial charge in [-0.05, 0) is 6.26 Å². The molecular weight excluding hydrogens is 266 g/mol. The topological polar surface area (TPSA) is 38.7 Å². The highest BCUT2D eigenvalue weighted by molar-refractivity contribution is 7.98. The van der Waals surface area contributed by atoms with Crippen molar-refractivity contribution in [3.63, 3.8) is 0 Å². The molecule has 0 aliphatic carbocycles. The lowest BCUT2D eigenvalue weighted by molar-refractivity contribution is 0.923. The quantitative estimate of drug-likeness (QED) is 0.681. The Morgan fingerprint density at radius 2 is 1.10 bits per heavy atom. The van der Waals surface area contributed by atoms with Crippen molar-refractivity contribution in [2.24, 2.45) is 0 Å². The normalized spacial score (nSPS) is 10.4. The zero-order valence-electron chi connectivity index (χ0n) is 11.0. The summed E-state index contributed by atoms with van der Waals surface area (Å²) in [7, 11) is 0. The number of benzene rings is 2. The van der Waals surface area contributed by atoms with Crippen LogP contribution in [0, 0.1) is 0 Å². The molecule has 0 radical (unpaired) electrons. The molecule has 3 rings (SSSR count). The van der Waals surface area contributed by atoms with Crippen molar-refractivity contribution in [2.75, 3.05) is 6.26 Å². The fraction of sp³-hybridized carbons (Fsp3) is 0.0625. The number of thioether (sulfide) groups is 1. The molecule has 0 unspecified atom stereocenters. The summed E-state index contributed by atoms with van der Waals surface area (Å²) in [6, 6.07) is 19.9. The molecule has 20 heavy (non-hydrogen) atoms. The fourth-order valence-corrected chi connectivity index (χ4v) is 2.24. The van der Waals surface area contributed by atoms with E-state index in [9.17, 15) is 0 Å². The minimum Gasteiger partial charge on any atom is -0.208 e. The van der Waals surface area contributed by atoms with E-state index >= 15 is 0 Å². The third-order valence-electron chi connectivity index (χ3n) is 2.86. The Morgan fingerprint density at radius 3 is 1.50 bits per heavy atom. The monoisotopic (exact) mass is 279 g/mol. The van der Waals surface area contributed by atoms with Crippen LogP contribution in [0.25, 0.3) is 22.8 Å². The van der Waals surface area contributed by atoms with Gasteiger partial charge >= 0.3 is 0 Å². The average molecular weight is 279 g/mol. The average Bonchev–Trinajstić information content (AvgIpc) is 2.56. The summed E-state index contributed by atoms with van der Waals surface area (Å²) in [5.74, 6) is 1.42. The van der Waals surface area contributed by atoms with Crippen LogP contribution in [-0.2, 0) is 0 Å². The molecule has 0 N–H and O–H groups in total. The molecule has 1 heterocycles. The van der Waals surface area contributed by atoms with Crippen LogP contribution in [0.3, 0.4) is 0 Å². The van der Waals surface area contributed by atoms with Crippen molar-refractivity contribution >= 4 is 11.8 Å². The molecule has 0 saturated carbocycles. The molecule has 98 valence electrons. The first kappa shape index (κ1) is 12.8. The Morgan fingerprint density at radius 1 is 0.650 bits per heavy atom. The van der Waals surface area contributed by atoms with Gasteiger partial charge in [-0.2, -0.15) is 0 Å². The first-order valence-corrected chi connectivity index (χ1v) is 7.50. The molecule has 0 amide bonds. The van der Waals surface area contributed by atoms with Crippen LogP contribution >= 0.6 is 11.8 Å². The van der Waals surface area contributed by atoms with Gasteiger partial charge in [-0.1, -0.05) is 72.4 Å². The Balaban J connectivity index is 2.13. The smallest absolute Gasteiger partial charge is 0.191 e. The van der Waals surface area contributed by atoms with Crippen LogP contribution in [0.5, 0.6) is 0 Å². The summed E-state index contributed by atoms with van der Waals surface area (Å²) >= 11 is 1.52. The maximum Gasteiger partial charge on any atom is 0.191 e. The molecule has 0 aliphatic heterocycles. The maximum atomic E-state index is 4.59. The van der Waals surface area contributed by atoms with Crippen LogP contribution in [-0.4, -0.2) is 21.2 Å². The summed E-state index contributed by atoms with van der Waals surface area (Å²) in [6.07, 6.45) is 1.97. The van der Waals surface area contributed by atoms with Gasteiger partial charge in [0.05, 0.1) is 0 Å². The minimum absolute atomic E-state index is 0.712. The highest BCUT2D eigenvalue weighted by Gasteiger charge is 2.09. The summed E-state index contributed by atoms with van der Waals surface area (Å²) in [6.45, 7) is 0. The lowest BCUT2D eigenvalue weighted by atomic mass is 10.2. The van der Waals surface area contributed by atoms with E-state index in [0.29, 0.717) is 11.6 Å². The van der Waals surface area contributed by atoms with Crippen molar-refractivity contribution in [1.29, 1.82) is 0 Å². The van der Waals surface area contributed by atoms with Gasteiger partial charge < -0.3 is 0 Å². The lowest BCUT2D eigenvalue weighted by Crippen LogP contribution is -1.98. The largest absolute Gasteiger partial charge is 0.208 e.